The number of halogens is 4. The van der Waals surface area contributed by atoms with Gasteiger partial charge >= 0.3 is 0 Å². The van der Waals surface area contributed by atoms with Crippen molar-refractivity contribution in [2.75, 3.05) is 46.9 Å². The van der Waals surface area contributed by atoms with E-state index in [2.05, 4.69) is 10.1 Å². The van der Waals surface area contributed by atoms with E-state index in [1.165, 1.54) is 7.11 Å². The van der Waals surface area contributed by atoms with Gasteiger partial charge in [0.15, 0.2) is 0 Å². The van der Waals surface area contributed by atoms with Crippen LogP contribution in [0.4, 0.5) is 0 Å². The fourth-order valence-electron chi connectivity index (χ4n) is 6.32. The van der Waals surface area contributed by atoms with Gasteiger partial charge in [0, 0.05) is 66.6 Å². The van der Waals surface area contributed by atoms with Gasteiger partial charge in [-0.15, -0.1) is 0 Å². The third kappa shape index (κ3) is 9.48. The Hall–Kier alpha value is -2.56. The van der Waals surface area contributed by atoms with Gasteiger partial charge < -0.3 is 25.3 Å². The molecular weight excluding hydrogens is 660 g/mol. The lowest BCUT2D eigenvalue weighted by molar-refractivity contribution is -0.144. The molecule has 2 aromatic rings. The zero-order valence-electron chi connectivity index (χ0n) is 25.5. The van der Waals surface area contributed by atoms with Gasteiger partial charge in [-0.1, -0.05) is 57.6 Å². The molecule has 2 heterocycles. The van der Waals surface area contributed by atoms with Crippen molar-refractivity contribution in [3.8, 4) is 0 Å². The molecule has 2 aliphatic rings. The lowest BCUT2D eigenvalue weighted by Crippen LogP contribution is -2.52. The highest BCUT2D eigenvalue weighted by atomic mass is 35.5. The van der Waals surface area contributed by atoms with E-state index < -0.39 is 5.91 Å². The summed E-state index contributed by atoms with van der Waals surface area (Å²) >= 11 is 25.0. The number of oxime groups is 1. The van der Waals surface area contributed by atoms with Gasteiger partial charge in [0.1, 0.15) is 7.11 Å². The SMILES string of the molecule is CO/N=C(\CN(C)C(=O)c1cc(Cl)cc(Cl)c1)[C@H](CCN1CCC(N2CCCC(CC(N)=O)C2=O)CC1)c1ccc(Cl)c(Cl)c1. The number of hydrogen-bond donors (Lipinski definition) is 1. The van der Waals surface area contributed by atoms with Gasteiger partial charge in [0.05, 0.1) is 22.3 Å². The number of carbonyl (C=O) groups excluding carboxylic acids is 3. The summed E-state index contributed by atoms with van der Waals surface area (Å²) in [6.45, 7) is 3.32. The summed E-state index contributed by atoms with van der Waals surface area (Å²) in [5, 5.41) is 5.99. The summed E-state index contributed by atoms with van der Waals surface area (Å²) in [5.74, 6) is -1.17. The first-order valence-corrected chi connectivity index (χ1v) is 16.6. The zero-order chi connectivity index (χ0) is 32.7. The molecule has 0 aromatic heterocycles. The topological polar surface area (TPSA) is 109 Å². The number of rotatable bonds is 12. The van der Waals surface area contributed by atoms with E-state index in [4.69, 9.17) is 57.0 Å². The van der Waals surface area contributed by atoms with E-state index in [9.17, 15) is 14.4 Å². The minimum Gasteiger partial charge on any atom is -0.399 e. The molecular formula is C32H39Cl4N5O4. The van der Waals surface area contributed by atoms with Crippen molar-refractivity contribution in [2.24, 2.45) is 16.8 Å². The van der Waals surface area contributed by atoms with Crippen molar-refractivity contribution in [3.05, 3.63) is 67.6 Å². The molecule has 9 nitrogen and oxygen atoms in total. The Morgan fingerprint density at radius 3 is 2.33 bits per heavy atom. The zero-order valence-corrected chi connectivity index (χ0v) is 28.5. The van der Waals surface area contributed by atoms with Crippen LogP contribution in [0.1, 0.15) is 60.4 Å². The minimum absolute atomic E-state index is 0.0531. The minimum atomic E-state index is -0.428. The quantitative estimate of drug-likeness (QED) is 0.212. The maximum absolute atomic E-state index is 13.3. The second-order valence-electron chi connectivity index (χ2n) is 11.7. The lowest BCUT2D eigenvalue weighted by Gasteiger charge is -2.42. The normalized spacial score (nSPS) is 19.0. The van der Waals surface area contributed by atoms with E-state index in [1.807, 2.05) is 17.0 Å². The molecule has 2 atom stereocenters. The van der Waals surface area contributed by atoms with Crippen LogP contribution in [0.2, 0.25) is 20.1 Å². The standard InChI is InChI=1S/C32H39Cl4N5O4/c1-39(31(43)22-14-23(33)18-24(34)15-22)19-29(38-45-2)26(20-5-6-27(35)28(36)16-20)9-13-40-11-7-25(8-12-40)41-10-3-4-21(32(41)44)17-30(37)42/h5-6,14-16,18,21,25-26H,3-4,7-13,17,19H2,1-2H3,(H2,37,42)/b38-29+/t21?,26-/m1/s1. The third-order valence-corrected chi connectivity index (χ3v) is 9.75. The average molecular weight is 700 g/mol. The van der Waals surface area contributed by atoms with Crippen LogP contribution >= 0.6 is 46.4 Å². The van der Waals surface area contributed by atoms with Gasteiger partial charge in [-0.25, -0.2) is 0 Å². The number of hydrogen-bond acceptors (Lipinski definition) is 6. The molecule has 0 bridgehead atoms. The van der Waals surface area contributed by atoms with Crippen LogP contribution in [-0.4, -0.2) is 91.1 Å². The van der Waals surface area contributed by atoms with Crippen molar-refractivity contribution in [1.82, 2.24) is 14.7 Å². The van der Waals surface area contributed by atoms with Crippen molar-refractivity contribution in [2.45, 2.75) is 50.5 Å². The lowest BCUT2D eigenvalue weighted by atomic mass is 9.89. The number of carbonyl (C=O) groups is 3. The molecule has 3 amide bonds. The van der Waals surface area contributed by atoms with E-state index in [1.54, 1.807) is 36.2 Å². The summed E-state index contributed by atoms with van der Waals surface area (Å²) in [4.78, 5) is 49.0. The number of nitrogens with zero attached hydrogens (tertiary/aromatic N) is 4. The number of amides is 3. The predicted octanol–water partition coefficient (Wildman–Crippen LogP) is 6.13. The van der Waals surface area contributed by atoms with Crippen LogP contribution < -0.4 is 5.73 Å². The summed E-state index contributed by atoms with van der Waals surface area (Å²) in [6, 6.07) is 10.4. The van der Waals surface area contributed by atoms with Gasteiger partial charge in [-0.05, 0) is 74.5 Å². The number of piperidine rings is 2. The summed E-state index contributed by atoms with van der Waals surface area (Å²) in [7, 11) is 3.17. The maximum atomic E-state index is 13.3. The summed E-state index contributed by atoms with van der Waals surface area (Å²) in [5.41, 5.74) is 7.31. The second kappa shape index (κ2) is 16.3. The van der Waals surface area contributed by atoms with Crippen LogP contribution in [0.25, 0.3) is 0 Å². The maximum Gasteiger partial charge on any atom is 0.254 e. The van der Waals surface area contributed by atoms with Gasteiger partial charge in [-0.3, -0.25) is 14.4 Å². The molecule has 2 fully saturated rings. The van der Waals surface area contributed by atoms with E-state index in [-0.39, 0.29) is 42.7 Å². The van der Waals surface area contributed by atoms with Crippen molar-refractivity contribution >= 4 is 69.8 Å². The van der Waals surface area contributed by atoms with Crippen LogP contribution in [-0.2, 0) is 14.4 Å². The molecule has 2 aliphatic heterocycles. The molecule has 1 unspecified atom stereocenters. The molecule has 2 N–H and O–H groups in total. The van der Waals surface area contributed by atoms with E-state index in [0.717, 1.165) is 51.0 Å². The number of benzene rings is 2. The molecule has 45 heavy (non-hydrogen) atoms. The van der Waals surface area contributed by atoms with Crippen molar-refractivity contribution < 1.29 is 19.2 Å². The second-order valence-corrected chi connectivity index (χ2v) is 13.4. The Bertz CT molecular complexity index is 1400. The fraction of sp³-hybridized carbons (Fsp3) is 0.500. The number of likely N-dealkylation sites (tertiary alicyclic amines) is 2. The van der Waals surface area contributed by atoms with Gasteiger partial charge in [0.25, 0.3) is 5.91 Å². The Labute approximate surface area is 284 Å². The fourth-order valence-corrected chi connectivity index (χ4v) is 7.16. The summed E-state index contributed by atoms with van der Waals surface area (Å²) < 4.78 is 0. The molecule has 0 radical (unpaired) electrons. The van der Waals surface area contributed by atoms with Crippen LogP contribution in [0.3, 0.4) is 0 Å². The highest BCUT2D eigenvalue weighted by Gasteiger charge is 2.35. The first-order valence-electron chi connectivity index (χ1n) is 15.0. The average Bonchev–Trinajstić information content (AvgIpc) is 2.99. The first kappa shape index (κ1) is 35.3. The molecule has 2 saturated heterocycles. The third-order valence-electron chi connectivity index (χ3n) is 8.58. The molecule has 244 valence electrons. The Kier molecular flexibility index (Phi) is 12.8. The molecule has 0 saturated carbocycles. The predicted molar refractivity (Wildman–Crippen MR) is 179 cm³/mol. The van der Waals surface area contributed by atoms with Crippen LogP contribution in [0, 0.1) is 5.92 Å². The van der Waals surface area contributed by atoms with Crippen molar-refractivity contribution in [3.63, 3.8) is 0 Å². The highest BCUT2D eigenvalue weighted by Crippen LogP contribution is 2.31. The largest absolute Gasteiger partial charge is 0.399 e. The number of primary amides is 1. The smallest absolute Gasteiger partial charge is 0.254 e. The molecule has 0 aliphatic carbocycles. The van der Waals surface area contributed by atoms with E-state index >= 15 is 0 Å². The molecule has 0 spiro atoms. The summed E-state index contributed by atoms with van der Waals surface area (Å²) in [6.07, 6.45) is 4.10. The van der Waals surface area contributed by atoms with Gasteiger partial charge in [-0.2, -0.15) is 0 Å². The van der Waals surface area contributed by atoms with E-state index in [0.29, 0.717) is 44.2 Å². The molecule has 2 aromatic carbocycles. The molecule has 4 rings (SSSR count). The van der Waals surface area contributed by atoms with Crippen molar-refractivity contribution in [1.29, 1.82) is 0 Å². The van der Waals surface area contributed by atoms with Gasteiger partial charge in [0.2, 0.25) is 11.8 Å². The highest BCUT2D eigenvalue weighted by molar-refractivity contribution is 6.42. The first-order chi connectivity index (χ1) is 21.5. The van der Waals surface area contributed by atoms with Crippen LogP contribution in [0.15, 0.2) is 41.6 Å². The Morgan fingerprint density at radius 2 is 1.71 bits per heavy atom. The Morgan fingerprint density at radius 1 is 1.02 bits per heavy atom. The molecule has 13 heteroatoms. The Balaban J connectivity index is 1.45. The number of nitrogens with two attached hydrogens (primary N) is 1. The van der Waals surface area contributed by atoms with Crippen LogP contribution in [0.5, 0.6) is 0 Å². The monoisotopic (exact) mass is 697 g/mol.